The Kier molecular flexibility index (Phi) is 3.60. The summed E-state index contributed by atoms with van der Waals surface area (Å²) in [5.41, 5.74) is 5.21. The number of hydrogen-bond acceptors (Lipinski definition) is 2. The van der Waals surface area contributed by atoms with Gasteiger partial charge in [0.2, 0.25) is 0 Å². The lowest BCUT2D eigenvalue weighted by Gasteiger charge is -2.24. The Morgan fingerprint density at radius 1 is 1.38 bits per heavy atom. The van der Waals surface area contributed by atoms with Gasteiger partial charge in [-0.25, -0.2) is 4.39 Å². The Bertz CT molecular complexity index is 420. The van der Waals surface area contributed by atoms with Gasteiger partial charge in [0.05, 0.1) is 6.04 Å². The molecule has 2 amide bonds. The molecule has 0 saturated heterocycles. The van der Waals surface area contributed by atoms with E-state index in [1.54, 1.807) is 25.1 Å². The number of primary amides is 1. The van der Waals surface area contributed by atoms with Gasteiger partial charge in [-0.3, -0.25) is 9.59 Å². The lowest BCUT2D eigenvalue weighted by Crippen LogP contribution is -2.39. The summed E-state index contributed by atoms with van der Waals surface area (Å²) in [6.07, 6.45) is 0. The molecule has 0 bridgehead atoms. The molecule has 0 heterocycles. The molecule has 0 aromatic heterocycles. The fraction of sp³-hybridized carbons (Fsp3) is 0.273. The SMILES string of the molecule is C[C@H](c1ccccc1F)N(C)C(=O)C(N)=O. The maximum absolute atomic E-state index is 13.4. The molecular weight excluding hydrogens is 211 g/mol. The van der Waals surface area contributed by atoms with Crippen LogP contribution in [0.4, 0.5) is 4.39 Å². The van der Waals surface area contributed by atoms with Gasteiger partial charge in [-0.2, -0.15) is 0 Å². The van der Waals surface area contributed by atoms with Crippen molar-refractivity contribution in [3.8, 4) is 0 Å². The maximum Gasteiger partial charge on any atom is 0.311 e. The van der Waals surface area contributed by atoms with Crippen LogP contribution in [0, 0.1) is 5.82 Å². The van der Waals surface area contributed by atoms with E-state index in [9.17, 15) is 14.0 Å². The molecule has 0 aliphatic heterocycles. The normalized spacial score (nSPS) is 11.9. The van der Waals surface area contributed by atoms with Gasteiger partial charge in [-0.15, -0.1) is 0 Å². The molecule has 1 atom stereocenters. The second-order valence-electron chi connectivity index (χ2n) is 3.48. The summed E-state index contributed by atoms with van der Waals surface area (Å²) in [5, 5.41) is 0. The van der Waals surface area contributed by atoms with Crippen LogP contribution in [0.5, 0.6) is 0 Å². The number of carbonyl (C=O) groups excluding carboxylic acids is 2. The zero-order chi connectivity index (χ0) is 12.3. The zero-order valence-corrected chi connectivity index (χ0v) is 9.11. The second kappa shape index (κ2) is 4.74. The number of halogens is 1. The monoisotopic (exact) mass is 224 g/mol. The van der Waals surface area contributed by atoms with Gasteiger partial charge < -0.3 is 10.6 Å². The summed E-state index contributed by atoms with van der Waals surface area (Å²) >= 11 is 0. The maximum atomic E-state index is 13.4. The van der Waals surface area contributed by atoms with Crippen LogP contribution in [0.3, 0.4) is 0 Å². The summed E-state index contributed by atoms with van der Waals surface area (Å²) < 4.78 is 13.4. The molecule has 1 rings (SSSR count). The van der Waals surface area contributed by atoms with Crippen molar-refractivity contribution in [1.29, 1.82) is 0 Å². The standard InChI is InChI=1S/C11H13FN2O2/c1-7(14(2)11(16)10(13)15)8-5-3-4-6-9(8)12/h3-7H,1-2H3,(H2,13,15)/t7-/m1/s1. The van der Waals surface area contributed by atoms with E-state index >= 15 is 0 Å². The lowest BCUT2D eigenvalue weighted by molar-refractivity contribution is -0.144. The van der Waals surface area contributed by atoms with Crippen LogP contribution in [-0.2, 0) is 9.59 Å². The number of nitrogens with two attached hydrogens (primary N) is 1. The second-order valence-corrected chi connectivity index (χ2v) is 3.48. The van der Waals surface area contributed by atoms with Gasteiger partial charge in [-0.1, -0.05) is 18.2 Å². The number of amides is 2. The van der Waals surface area contributed by atoms with Crippen LogP contribution in [-0.4, -0.2) is 23.8 Å². The Morgan fingerprint density at radius 3 is 2.44 bits per heavy atom. The minimum absolute atomic E-state index is 0.347. The molecule has 1 aromatic rings. The highest BCUT2D eigenvalue weighted by Gasteiger charge is 2.22. The van der Waals surface area contributed by atoms with E-state index in [0.717, 1.165) is 4.90 Å². The highest BCUT2D eigenvalue weighted by Crippen LogP contribution is 2.21. The molecule has 0 unspecified atom stereocenters. The van der Waals surface area contributed by atoms with E-state index in [-0.39, 0.29) is 0 Å². The number of likely N-dealkylation sites (N-methyl/N-ethyl adjacent to an activating group) is 1. The molecule has 16 heavy (non-hydrogen) atoms. The smallest absolute Gasteiger partial charge is 0.311 e. The van der Waals surface area contributed by atoms with E-state index in [1.807, 2.05) is 0 Å². The molecule has 0 aliphatic carbocycles. The minimum atomic E-state index is -1.05. The van der Waals surface area contributed by atoms with Gasteiger partial charge in [0.25, 0.3) is 0 Å². The number of nitrogens with zero attached hydrogens (tertiary/aromatic N) is 1. The first-order chi connectivity index (χ1) is 7.45. The number of carbonyl (C=O) groups is 2. The topological polar surface area (TPSA) is 63.4 Å². The Hall–Kier alpha value is -1.91. The minimum Gasteiger partial charge on any atom is -0.361 e. The highest BCUT2D eigenvalue weighted by molar-refractivity contribution is 6.34. The van der Waals surface area contributed by atoms with E-state index in [2.05, 4.69) is 0 Å². The predicted molar refractivity (Wildman–Crippen MR) is 56.8 cm³/mol. The van der Waals surface area contributed by atoms with Gasteiger partial charge in [0, 0.05) is 12.6 Å². The van der Waals surface area contributed by atoms with Crippen LogP contribution in [0.2, 0.25) is 0 Å². The van der Waals surface area contributed by atoms with Crippen molar-refractivity contribution in [2.24, 2.45) is 5.73 Å². The van der Waals surface area contributed by atoms with Crippen LogP contribution < -0.4 is 5.73 Å². The first-order valence-electron chi connectivity index (χ1n) is 4.76. The fourth-order valence-electron chi connectivity index (χ4n) is 1.37. The fourth-order valence-corrected chi connectivity index (χ4v) is 1.37. The van der Waals surface area contributed by atoms with Gasteiger partial charge >= 0.3 is 11.8 Å². The van der Waals surface area contributed by atoms with Crippen LogP contribution >= 0.6 is 0 Å². The van der Waals surface area contributed by atoms with Crippen molar-refractivity contribution < 1.29 is 14.0 Å². The van der Waals surface area contributed by atoms with E-state index < -0.39 is 23.7 Å². The summed E-state index contributed by atoms with van der Waals surface area (Å²) in [7, 11) is 1.41. The Morgan fingerprint density at radius 2 is 1.94 bits per heavy atom. The van der Waals surface area contributed by atoms with E-state index in [1.165, 1.54) is 13.1 Å². The van der Waals surface area contributed by atoms with Crippen molar-refractivity contribution in [3.05, 3.63) is 35.6 Å². The summed E-state index contributed by atoms with van der Waals surface area (Å²) in [6.45, 7) is 1.62. The van der Waals surface area contributed by atoms with Gasteiger partial charge in [0.1, 0.15) is 5.82 Å². The van der Waals surface area contributed by atoms with Crippen LogP contribution in [0.1, 0.15) is 18.5 Å². The molecule has 0 aliphatic rings. The number of benzene rings is 1. The quantitative estimate of drug-likeness (QED) is 0.756. The third kappa shape index (κ3) is 2.36. The first-order valence-corrected chi connectivity index (χ1v) is 4.76. The zero-order valence-electron chi connectivity index (χ0n) is 9.11. The molecule has 2 N–H and O–H groups in total. The third-order valence-electron chi connectivity index (χ3n) is 2.47. The summed E-state index contributed by atoms with van der Waals surface area (Å²) in [5.74, 6) is -2.31. The molecule has 86 valence electrons. The Balaban J connectivity index is 2.94. The van der Waals surface area contributed by atoms with Crippen LogP contribution in [0.25, 0.3) is 0 Å². The van der Waals surface area contributed by atoms with E-state index in [0.29, 0.717) is 5.56 Å². The molecule has 5 heteroatoms. The largest absolute Gasteiger partial charge is 0.361 e. The average molecular weight is 224 g/mol. The van der Waals surface area contributed by atoms with Crippen LogP contribution in [0.15, 0.2) is 24.3 Å². The lowest BCUT2D eigenvalue weighted by atomic mass is 10.1. The van der Waals surface area contributed by atoms with E-state index in [4.69, 9.17) is 5.73 Å². The van der Waals surface area contributed by atoms with Gasteiger partial charge in [0.15, 0.2) is 0 Å². The summed E-state index contributed by atoms with van der Waals surface area (Å²) in [6, 6.07) is 5.54. The molecule has 0 saturated carbocycles. The molecule has 0 fully saturated rings. The van der Waals surface area contributed by atoms with Gasteiger partial charge in [-0.05, 0) is 13.0 Å². The molecule has 0 radical (unpaired) electrons. The number of hydrogen-bond donors (Lipinski definition) is 1. The number of rotatable bonds is 2. The predicted octanol–water partition coefficient (Wildman–Crippen LogP) is 0.830. The highest BCUT2D eigenvalue weighted by atomic mass is 19.1. The van der Waals surface area contributed by atoms with Crippen molar-refractivity contribution in [2.45, 2.75) is 13.0 Å². The molecule has 0 spiro atoms. The average Bonchev–Trinajstić information content (AvgIpc) is 2.26. The molecule has 4 nitrogen and oxygen atoms in total. The summed E-state index contributed by atoms with van der Waals surface area (Å²) in [4.78, 5) is 23.1. The van der Waals surface area contributed by atoms with Crippen molar-refractivity contribution in [1.82, 2.24) is 4.90 Å². The first kappa shape index (κ1) is 12.2. The van der Waals surface area contributed by atoms with Crippen molar-refractivity contribution in [2.75, 3.05) is 7.05 Å². The Labute approximate surface area is 92.8 Å². The van der Waals surface area contributed by atoms with Crippen molar-refractivity contribution >= 4 is 11.8 Å². The third-order valence-corrected chi connectivity index (χ3v) is 2.47. The van der Waals surface area contributed by atoms with Crippen molar-refractivity contribution in [3.63, 3.8) is 0 Å². The molecule has 1 aromatic carbocycles. The molecular formula is C11H13FN2O2.